The van der Waals surface area contributed by atoms with Gasteiger partial charge in [-0.2, -0.15) is 0 Å². The third-order valence-electron chi connectivity index (χ3n) is 4.98. The molecule has 0 unspecified atom stereocenters. The van der Waals surface area contributed by atoms with Crippen molar-refractivity contribution in [1.82, 2.24) is 25.1 Å². The molecule has 0 spiro atoms. The van der Waals surface area contributed by atoms with Crippen molar-refractivity contribution in [3.63, 3.8) is 0 Å². The molecule has 2 aromatic rings. The molecular weight excluding hydrogens is 366 g/mol. The largest absolute Gasteiger partial charge is 0.369 e. The van der Waals surface area contributed by atoms with Gasteiger partial charge in [-0.3, -0.25) is 4.79 Å². The molecule has 0 bridgehead atoms. The fourth-order valence-electron chi connectivity index (χ4n) is 3.21. The van der Waals surface area contributed by atoms with Crippen molar-refractivity contribution in [3.05, 3.63) is 42.4 Å². The van der Waals surface area contributed by atoms with E-state index in [1.807, 2.05) is 26.2 Å². The summed E-state index contributed by atoms with van der Waals surface area (Å²) in [5.41, 5.74) is 2.52. The average Bonchev–Trinajstić information content (AvgIpc) is 2.72. The molecule has 2 heterocycles. The van der Waals surface area contributed by atoms with Crippen LogP contribution in [-0.2, 0) is 0 Å². The minimum absolute atomic E-state index is 0.181. The molecule has 3 rings (SSSR count). The Labute approximate surface area is 172 Å². The Balaban J connectivity index is 1.55. The number of nitrogens with zero attached hydrogens (tertiary/aromatic N) is 5. The molecule has 0 radical (unpaired) electrons. The van der Waals surface area contributed by atoms with Gasteiger partial charge < -0.3 is 25.3 Å². The van der Waals surface area contributed by atoms with Crippen LogP contribution in [0.1, 0.15) is 16.9 Å². The van der Waals surface area contributed by atoms with Crippen molar-refractivity contribution >= 4 is 23.1 Å². The summed E-state index contributed by atoms with van der Waals surface area (Å²) >= 11 is 0. The first-order valence-electron chi connectivity index (χ1n) is 10.1. The lowest BCUT2D eigenvalue weighted by atomic mass is 10.2. The molecule has 0 saturated carbocycles. The predicted octanol–water partition coefficient (Wildman–Crippen LogP) is 1.65. The zero-order chi connectivity index (χ0) is 20.6. The van der Waals surface area contributed by atoms with E-state index in [2.05, 4.69) is 54.5 Å². The van der Waals surface area contributed by atoms with Crippen molar-refractivity contribution in [1.29, 1.82) is 0 Å². The van der Waals surface area contributed by atoms with Gasteiger partial charge in [-0.1, -0.05) is 0 Å². The lowest BCUT2D eigenvalue weighted by Crippen LogP contribution is -2.44. The number of amides is 1. The zero-order valence-corrected chi connectivity index (χ0v) is 17.6. The summed E-state index contributed by atoms with van der Waals surface area (Å²) in [7, 11) is 6.19. The van der Waals surface area contributed by atoms with Gasteiger partial charge >= 0.3 is 0 Å². The Bertz CT molecular complexity index is 786. The van der Waals surface area contributed by atoms with Crippen molar-refractivity contribution in [2.24, 2.45) is 0 Å². The van der Waals surface area contributed by atoms with Crippen molar-refractivity contribution in [2.75, 3.05) is 70.6 Å². The molecular formula is C21H31N7O. The van der Waals surface area contributed by atoms with E-state index in [0.29, 0.717) is 18.1 Å². The number of hydrogen-bond donors (Lipinski definition) is 2. The van der Waals surface area contributed by atoms with Gasteiger partial charge in [0, 0.05) is 50.2 Å². The number of hydrogen-bond acceptors (Lipinski definition) is 7. The first kappa shape index (κ1) is 21.0. The van der Waals surface area contributed by atoms with Crippen molar-refractivity contribution < 1.29 is 4.79 Å². The van der Waals surface area contributed by atoms with Crippen LogP contribution < -0.4 is 15.5 Å². The Morgan fingerprint density at radius 3 is 2.52 bits per heavy atom. The number of anilines is 3. The highest BCUT2D eigenvalue weighted by atomic mass is 16.1. The maximum absolute atomic E-state index is 12.3. The van der Waals surface area contributed by atoms with E-state index in [1.165, 1.54) is 12.0 Å². The maximum atomic E-state index is 12.3. The van der Waals surface area contributed by atoms with Crippen LogP contribution in [0.15, 0.2) is 36.7 Å². The lowest BCUT2D eigenvalue weighted by Gasteiger charge is -2.34. The second-order valence-electron chi connectivity index (χ2n) is 7.66. The molecule has 1 aliphatic rings. The lowest BCUT2D eigenvalue weighted by molar-refractivity contribution is 0.0947. The summed E-state index contributed by atoms with van der Waals surface area (Å²) in [5.74, 6) is 0.422. The van der Waals surface area contributed by atoms with E-state index in [4.69, 9.17) is 0 Å². The van der Waals surface area contributed by atoms with E-state index in [9.17, 15) is 4.79 Å². The molecule has 1 saturated heterocycles. The number of benzene rings is 1. The van der Waals surface area contributed by atoms with E-state index < -0.39 is 0 Å². The smallest absolute Gasteiger partial charge is 0.270 e. The standard InChI is InChI=1S/C21H31N7O/c1-26(2)10-4-9-22-21(29)19-15-20(24-16-23-19)25-17-5-7-18(8-6-17)28-13-11-27(3)12-14-28/h5-8,15-16H,4,9-14H2,1-3H3,(H,22,29)(H,23,24,25). The van der Waals surface area contributed by atoms with Gasteiger partial charge in [0.1, 0.15) is 17.8 Å². The molecule has 1 aromatic heterocycles. The first-order chi connectivity index (χ1) is 14.0. The SMILES string of the molecule is CN(C)CCCNC(=O)c1cc(Nc2ccc(N3CCN(C)CC3)cc2)ncn1. The highest BCUT2D eigenvalue weighted by Gasteiger charge is 2.14. The molecule has 1 aromatic carbocycles. The van der Waals surface area contributed by atoms with E-state index >= 15 is 0 Å². The summed E-state index contributed by atoms with van der Waals surface area (Å²) in [6, 6.07) is 9.99. The van der Waals surface area contributed by atoms with Gasteiger partial charge in [-0.15, -0.1) is 0 Å². The van der Waals surface area contributed by atoms with Crippen LogP contribution in [-0.4, -0.2) is 86.1 Å². The first-order valence-corrected chi connectivity index (χ1v) is 10.1. The summed E-state index contributed by atoms with van der Waals surface area (Å²) in [5, 5.41) is 6.15. The zero-order valence-electron chi connectivity index (χ0n) is 17.6. The average molecular weight is 398 g/mol. The minimum atomic E-state index is -0.181. The Morgan fingerprint density at radius 2 is 1.83 bits per heavy atom. The summed E-state index contributed by atoms with van der Waals surface area (Å²) in [4.78, 5) is 27.4. The number of aromatic nitrogens is 2. The summed E-state index contributed by atoms with van der Waals surface area (Å²) in [6.45, 7) is 5.81. The Hall–Kier alpha value is -2.71. The van der Waals surface area contributed by atoms with Crippen LogP contribution in [0.3, 0.4) is 0 Å². The molecule has 1 aliphatic heterocycles. The second-order valence-corrected chi connectivity index (χ2v) is 7.66. The van der Waals surface area contributed by atoms with Gasteiger partial charge in [-0.05, 0) is 58.4 Å². The quantitative estimate of drug-likeness (QED) is 0.656. The molecule has 0 atom stereocenters. The van der Waals surface area contributed by atoms with Crippen LogP contribution in [0.2, 0.25) is 0 Å². The molecule has 8 heteroatoms. The number of rotatable bonds is 8. The topological polar surface area (TPSA) is 76.6 Å². The van der Waals surface area contributed by atoms with E-state index in [-0.39, 0.29) is 5.91 Å². The fourth-order valence-corrected chi connectivity index (χ4v) is 3.21. The number of likely N-dealkylation sites (N-methyl/N-ethyl adjacent to an activating group) is 1. The molecule has 2 N–H and O–H groups in total. The minimum Gasteiger partial charge on any atom is -0.369 e. The van der Waals surface area contributed by atoms with Crippen LogP contribution in [0, 0.1) is 0 Å². The summed E-state index contributed by atoms with van der Waals surface area (Å²) < 4.78 is 0. The summed E-state index contributed by atoms with van der Waals surface area (Å²) in [6.07, 6.45) is 2.31. The van der Waals surface area contributed by atoms with Gasteiger partial charge in [0.05, 0.1) is 0 Å². The van der Waals surface area contributed by atoms with Crippen LogP contribution in [0.5, 0.6) is 0 Å². The predicted molar refractivity (Wildman–Crippen MR) is 117 cm³/mol. The number of piperazine rings is 1. The third kappa shape index (κ3) is 6.40. The third-order valence-corrected chi connectivity index (χ3v) is 4.98. The Morgan fingerprint density at radius 1 is 1.10 bits per heavy atom. The van der Waals surface area contributed by atoms with Gasteiger partial charge in [0.15, 0.2) is 0 Å². The van der Waals surface area contributed by atoms with Crippen LogP contribution in [0.4, 0.5) is 17.2 Å². The van der Waals surface area contributed by atoms with E-state index in [1.54, 1.807) is 6.07 Å². The monoisotopic (exact) mass is 397 g/mol. The molecule has 1 amide bonds. The van der Waals surface area contributed by atoms with Crippen LogP contribution in [0.25, 0.3) is 0 Å². The molecule has 0 aliphatic carbocycles. The van der Waals surface area contributed by atoms with Crippen LogP contribution >= 0.6 is 0 Å². The second kappa shape index (κ2) is 10.2. The highest BCUT2D eigenvalue weighted by molar-refractivity contribution is 5.92. The van der Waals surface area contributed by atoms with E-state index in [0.717, 1.165) is 44.8 Å². The molecule has 8 nitrogen and oxygen atoms in total. The fraction of sp³-hybridized carbons (Fsp3) is 0.476. The number of carbonyl (C=O) groups excluding carboxylic acids is 1. The normalized spacial score (nSPS) is 14.8. The highest BCUT2D eigenvalue weighted by Crippen LogP contribution is 2.21. The molecule has 29 heavy (non-hydrogen) atoms. The van der Waals surface area contributed by atoms with Crippen molar-refractivity contribution in [3.8, 4) is 0 Å². The van der Waals surface area contributed by atoms with Gasteiger partial charge in [-0.25, -0.2) is 9.97 Å². The van der Waals surface area contributed by atoms with Gasteiger partial charge in [0.25, 0.3) is 5.91 Å². The number of carbonyl (C=O) groups is 1. The Kier molecular flexibility index (Phi) is 7.37. The maximum Gasteiger partial charge on any atom is 0.270 e. The van der Waals surface area contributed by atoms with Crippen molar-refractivity contribution in [2.45, 2.75) is 6.42 Å². The number of nitrogens with one attached hydrogen (secondary N) is 2. The van der Waals surface area contributed by atoms with Gasteiger partial charge in [0.2, 0.25) is 0 Å². The molecule has 1 fully saturated rings. The molecule has 156 valence electrons.